The lowest BCUT2D eigenvalue weighted by molar-refractivity contribution is 1.56. The third kappa shape index (κ3) is 5.70. The normalized spacial score (nSPS) is 9.75. The zero-order valence-electron chi connectivity index (χ0n) is 4.95. The van der Waals surface area contributed by atoms with Crippen LogP contribution in [0.1, 0.15) is 6.92 Å². The Morgan fingerprint density at radius 1 is 1.38 bits per heavy atom. The first-order valence-electron chi connectivity index (χ1n) is 2.31. The highest BCUT2D eigenvalue weighted by atomic mass is 79.9. The van der Waals surface area contributed by atoms with Crippen molar-refractivity contribution in [1.82, 2.24) is 0 Å². The molecular formula is C7H9Br. The molecule has 0 aromatic rings. The van der Waals surface area contributed by atoms with Crippen LogP contribution in [0.2, 0.25) is 0 Å². The summed E-state index contributed by atoms with van der Waals surface area (Å²) in [7, 11) is 0. The molecule has 0 nitrogen and oxygen atoms in total. The SMILES string of the molecule is C=C(C)/C=C\C(=C)Br. The van der Waals surface area contributed by atoms with E-state index < -0.39 is 0 Å². The maximum absolute atomic E-state index is 3.68. The second kappa shape index (κ2) is 3.67. The predicted molar refractivity (Wildman–Crippen MR) is 42.0 cm³/mol. The molecule has 0 N–H and O–H groups in total. The van der Waals surface area contributed by atoms with Crippen LogP contribution in [-0.2, 0) is 0 Å². The van der Waals surface area contributed by atoms with Gasteiger partial charge in [-0.05, 0) is 13.0 Å². The lowest BCUT2D eigenvalue weighted by Gasteiger charge is -1.82. The van der Waals surface area contributed by atoms with Crippen molar-refractivity contribution in [3.05, 3.63) is 35.4 Å². The molecule has 0 aliphatic rings. The highest BCUT2D eigenvalue weighted by molar-refractivity contribution is 9.11. The van der Waals surface area contributed by atoms with Gasteiger partial charge in [-0.3, -0.25) is 0 Å². The molecule has 0 fully saturated rings. The molecule has 1 heteroatoms. The number of hydrogen-bond acceptors (Lipinski definition) is 0. The Morgan fingerprint density at radius 3 is 2.00 bits per heavy atom. The summed E-state index contributed by atoms with van der Waals surface area (Å²) in [6.07, 6.45) is 3.76. The molecule has 0 saturated heterocycles. The molecule has 44 valence electrons. The van der Waals surface area contributed by atoms with Gasteiger partial charge in [-0.2, -0.15) is 0 Å². The molecule has 0 bridgehead atoms. The first-order chi connectivity index (χ1) is 3.63. The Bertz CT molecular complexity index is 115. The average Bonchev–Trinajstić information content (AvgIpc) is 1.61. The monoisotopic (exact) mass is 172 g/mol. The summed E-state index contributed by atoms with van der Waals surface area (Å²) >= 11 is 3.18. The summed E-state index contributed by atoms with van der Waals surface area (Å²) in [5.74, 6) is 0. The first-order valence-corrected chi connectivity index (χ1v) is 3.10. The predicted octanol–water partition coefficient (Wildman–Crippen LogP) is 3.03. The van der Waals surface area contributed by atoms with Crippen molar-refractivity contribution >= 4 is 15.9 Å². The zero-order chi connectivity index (χ0) is 6.57. The van der Waals surface area contributed by atoms with Gasteiger partial charge < -0.3 is 0 Å². The molecule has 0 aliphatic carbocycles. The average molecular weight is 173 g/mol. The van der Waals surface area contributed by atoms with Crippen molar-refractivity contribution in [1.29, 1.82) is 0 Å². The van der Waals surface area contributed by atoms with Crippen molar-refractivity contribution in [2.75, 3.05) is 0 Å². The van der Waals surface area contributed by atoms with Crippen LogP contribution >= 0.6 is 15.9 Å². The van der Waals surface area contributed by atoms with Gasteiger partial charge in [-0.15, -0.1) is 0 Å². The molecule has 0 atom stereocenters. The molecule has 0 aromatic heterocycles. The topological polar surface area (TPSA) is 0 Å². The van der Waals surface area contributed by atoms with E-state index in [9.17, 15) is 0 Å². The molecule has 0 radical (unpaired) electrons. The second-order valence-corrected chi connectivity index (χ2v) is 2.65. The molecule has 0 aromatic carbocycles. The molecule has 0 unspecified atom stereocenters. The number of hydrogen-bond donors (Lipinski definition) is 0. The van der Waals surface area contributed by atoms with E-state index in [0.29, 0.717) is 0 Å². The van der Waals surface area contributed by atoms with Crippen LogP contribution < -0.4 is 0 Å². The van der Waals surface area contributed by atoms with Crippen molar-refractivity contribution in [3.8, 4) is 0 Å². The highest BCUT2D eigenvalue weighted by Gasteiger charge is 1.74. The maximum Gasteiger partial charge on any atom is 0.0103 e. The Hall–Kier alpha value is -0.300. The Labute approximate surface area is 58.7 Å². The van der Waals surface area contributed by atoms with Gasteiger partial charge in [0, 0.05) is 4.48 Å². The van der Waals surface area contributed by atoms with Crippen LogP contribution in [0.3, 0.4) is 0 Å². The molecule has 0 rings (SSSR count). The fourth-order valence-corrected chi connectivity index (χ4v) is 0.365. The van der Waals surface area contributed by atoms with E-state index >= 15 is 0 Å². The Kier molecular flexibility index (Phi) is 3.53. The molecule has 0 aliphatic heterocycles. The van der Waals surface area contributed by atoms with E-state index in [1.807, 2.05) is 19.1 Å². The van der Waals surface area contributed by atoms with Crippen LogP contribution in [0.4, 0.5) is 0 Å². The van der Waals surface area contributed by atoms with Crippen molar-refractivity contribution in [3.63, 3.8) is 0 Å². The summed E-state index contributed by atoms with van der Waals surface area (Å²) in [5.41, 5.74) is 1.03. The molecule has 0 saturated carbocycles. The lowest BCUT2D eigenvalue weighted by atomic mass is 10.3. The first kappa shape index (κ1) is 7.70. The van der Waals surface area contributed by atoms with Crippen LogP contribution in [0.15, 0.2) is 35.4 Å². The van der Waals surface area contributed by atoms with Gasteiger partial charge in [0.25, 0.3) is 0 Å². The van der Waals surface area contributed by atoms with Crippen molar-refractivity contribution < 1.29 is 0 Å². The van der Waals surface area contributed by atoms with E-state index in [4.69, 9.17) is 0 Å². The quantitative estimate of drug-likeness (QED) is 0.563. The minimum atomic E-state index is 0.875. The van der Waals surface area contributed by atoms with Gasteiger partial charge in [0.15, 0.2) is 0 Å². The van der Waals surface area contributed by atoms with Gasteiger partial charge in [0.05, 0.1) is 0 Å². The Morgan fingerprint density at radius 2 is 1.88 bits per heavy atom. The van der Waals surface area contributed by atoms with E-state index in [1.165, 1.54) is 0 Å². The molecular weight excluding hydrogens is 164 g/mol. The Balaban J connectivity index is 3.67. The fourth-order valence-electron chi connectivity index (χ4n) is 0.233. The van der Waals surface area contributed by atoms with Crippen LogP contribution in [0, 0.1) is 0 Å². The number of halogens is 1. The van der Waals surface area contributed by atoms with Crippen molar-refractivity contribution in [2.45, 2.75) is 6.92 Å². The standard InChI is InChI=1S/C7H9Br/c1-6(2)4-5-7(3)8/h4-5H,1,3H2,2H3/b5-4-. The highest BCUT2D eigenvalue weighted by Crippen LogP contribution is 2.03. The van der Waals surface area contributed by atoms with Gasteiger partial charge in [0.2, 0.25) is 0 Å². The van der Waals surface area contributed by atoms with Crippen LogP contribution in [-0.4, -0.2) is 0 Å². The van der Waals surface area contributed by atoms with Gasteiger partial charge in [0.1, 0.15) is 0 Å². The molecule has 0 heterocycles. The molecule has 0 amide bonds. The van der Waals surface area contributed by atoms with E-state index in [2.05, 4.69) is 29.1 Å². The zero-order valence-corrected chi connectivity index (χ0v) is 6.53. The largest absolute Gasteiger partial charge is 0.0961 e. The van der Waals surface area contributed by atoms with Crippen molar-refractivity contribution in [2.24, 2.45) is 0 Å². The minimum Gasteiger partial charge on any atom is -0.0961 e. The smallest absolute Gasteiger partial charge is 0.0103 e. The summed E-state index contributed by atoms with van der Waals surface area (Å²) < 4.78 is 0.875. The fraction of sp³-hybridized carbons (Fsp3) is 0.143. The summed E-state index contributed by atoms with van der Waals surface area (Å²) in [4.78, 5) is 0. The van der Waals surface area contributed by atoms with E-state index in [1.54, 1.807) is 0 Å². The van der Waals surface area contributed by atoms with Gasteiger partial charge >= 0.3 is 0 Å². The number of rotatable bonds is 2. The van der Waals surface area contributed by atoms with E-state index in [-0.39, 0.29) is 0 Å². The third-order valence-electron chi connectivity index (χ3n) is 0.549. The minimum absolute atomic E-state index is 0.875. The summed E-state index contributed by atoms with van der Waals surface area (Å²) in [6.45, 7) is 9.23. The molecule has 0 spiro atoms. The second-order valence-electron chi connectivity index (χ2n) is 1.63. The third-order valence-corrected chi connectivity index (χ3v) is 0.813. The lowest BCUT2D eigenvalue weighted by Crippen LogP contribution is -1.59. The van der Waals surface area contributed by atoms with Crippen LogP contribution in [0.5, 0.6) is 0 Å². The molecule has 8 heavy (non-hydrogen) atoms. The van der Waals surface area contributed by atoms with Gasteiger partial charge in [-0.25, -0.2) is 0 Å². The van der Waals surface area contributed by atoms with Gasteiger partial charge in [-0.1, -0.05) is 40.7 Å². The summed E-state index contributed by atoms with van der Waals surface area (Å²) in [5, 5.41) is 0. The number of allylic oxidation sites excluding steroid dienone is 4. The maximum atomic E-state index is 3.68. The van der Waals surface area contributed by atoms with Crippen LogP contribution in [0.25, 0.3) is 0 Å². The van der Waals surface area contributed by atoms with E-state index in [0.717, 1.165) is 10.1 Å². The summed E-state index contributed by atoms with van der Waals surface area (Å²) in [6, 6.07) is 0.